The maximum absolute atomic E-state index is 10.6. The summed E-state index contributed by atoms with van der Waals surface area (Å²) in [6, 6.07) is 2.01. The van der Waals surface area contributed by atoms with Gasteiger partial charge in [0.2, 0.25) is 0 Å². The lowest BCUT2D eigenvalue weighted by molar-refractivity contribution is -0.0567. The van der Waals surface area contributed by atoms with Gasteiger partial charge in [0.25, 0.3) is 0 Å². The summed E-state index contributed by atoms with van der Waals surface area (Å²) in [6.07, 6.45) is 1.18. The maximum atomic E-state index is 10.6. The molecule has 0 bridgehead atoms. The first kappa shape index (κ1) is 13.5. The van der Waals surface area contributed by atoms with E-state index < -0.39 is 6.10 Å². The lowest BCUT2D eigenvalue weighted by Crippen LogP contribution is -2.41. The van der Waals surface area contributed by atoms with E-state index in [4.69, 9.17) is 10.5 Å². The lowest BCUT2D eigenvalue weighted by atomic mass is 9.75. The molecule has 2 heterocycles. The van der Waals surface area contributed by atoms with E-state index >= 15 is 0 Å². The molecular formula is C12H18BrNO2S. The highest BCUT2D eigenvalue weighted by atomic mass is 79.9. The molecule has 1 atom stereocenters. The SMILES string of the molecule is Cc1sc(C(O)C2(CN)CCOCC2)cc1Br. The summed E-state index contributed by atoms with van der Waals surface area (Å²) >= 11 is 5.13. The Balaban J connectivity index is 2.24. The molecule has 17 heavy (non-hydrogen) atoms. The molecule has 1 aliphatic heterocycles. The molecule has 5 heteroatoms. The van der Waals surface area contributed by atoms with Crippen molar-refractivity contribution in [3.8, 4) is 0 Å². The van der Waals surface area contributed by atoms with Crippen LogP contribution < -0.4 is 5.73 Å². The van der Waals surface area contributed by atoms with Gasteiger partial charge < -0.3 is 15.6 Å². The summed E-state index contributed by atoms with van der Waals surface area (Å²) in [5, 5.41) is 10.6. The van der Waals surface area contributed by atoms with Crippen molar-refractivity contribution in [2.75, 3.05) is 19.8 Å². The van der Waals surface area contributed by atoms with Crippen molar-refractivity contribution in [2.45, 2.75) is 25.9 Å². The smallest absolute Gasteiger partial charge is 0.0952 e. The number of ether oxygens (including phenoxy) is 1. The van der Waals surface area contributed by atoms with Gasteiger partial charge in [-0.1, -0.05) is 0 Å². The first-order valence-electron chi connectivity index (χ1n) is 5.81. The third-order valence-corrected chi connectivity index (χ3v) is 5.81. The summed E-state index contributed by atoms with van der Waals surface area (Å²) in [6.45, 7) is 3.94. The van der Waals surface area contributed by atoms with Crippen LogP contribution in [0.15, 0.2) is 10.5 Å². The second-order valence-corrected chi connectivity index (χ2v) is 6.78. The van der Waals surface area contributed by atoms with Crippen LogP contribution in [-0.4, -0.2) is 24.9 Å². The zero-order chi connectivity index (χ0) is 12.5. The van der Waals surface area contributed by atoms with Gasteiger partial charge >= 0.3 is 0 Å². The van der Waals surface area contributed by atoms with Crippen LogP contribution in [0.2, 0.25) is 0 Å². The first-order valence-corrected chi connectivity index (χ1v) is 7.42. The monoisotopic (exact) mass is 319 g/mol. The molecular weight excluding hydrogens is 302 g/mol. The van der Waals surface area contributed by atoms with E-state index in [0.717, 1.165) is 22.2 Å². The van der Waals surface area contributed by atoms with Crippen molar-refractivity contribution in [1.82, 2.24) is 0 Å². The van der Waals surface area contributed by atoms with Gasteiger partial charge in [-0.15, -0.1) is 11.3 Å². The van der Waals surface area contributed by atoms with Gasteiger partial charge in [-0.2, -0.15) is 0 Å². The third-order valence-electron chi connectivity index (χ3n) is 3.62. The zero-order valence-electron chi connectivity index (χ0n) is 9.91. The van der Waals surface area contributed by atoms with E-state index in [1.54, 1.807) is 11.3 Å². The zero-order valence-corrected chi connectivity index (χ0v) is 12.3. The van der Waals surface area contributed by atoms with Crippen LogP contribution in [0, 0.1) is 12.3 Å². The van der Waals surface area contributed by atoms with Crippen LogP contribution in [-0.2, 0) is 4.74 Å². The molecule has 2 rings (SSSR count). The van der Waals surface area contributed by atoms with E-state index in [1.165, 1.54) is 4.88 Å². The molecule has 1 fully saturated rings. The highest BCUT2D eigenvalue weighted by Crippen LogP contribution is 2.44. The normalized spacial score (nSPS) is 21.4. The number of aliphatic hydroxyl groups is 1. The minimum Gasteiger partial charge on any atom is -0.387 e. The molecule has 0 amide bonds. The summed E-state index contributed by atoms with van der Waals surface area (Å²) in [7, 11) is 0. The number of thiophene rings is 1. The summed E-state index contributed by atoms with van der Waals surface area (Å²) < 4.78 is 6.43. The van der Waals surface area contributed by atoms with Crippen molar-refractivity contribution < 1.29 is 9.84 Å². The predicted octanol–water partition coefficient (Wildman–Crippen LogP) is 2.61. The number of aryl methyl sites for hydroxylation is 1. The number of aliphatic hydroxyl groups excluding tert-OH is 1. The topological polar surface area (TPSA) is 55.5 Å². The van der Waals surface area contributed by atoms with Gasteiger partial charge in [0, 0.05) is 39.4 Å². The van der Waals surface area contributed by atoms with Crippen LogP contribution in [0.3, 0.4) is 0 Å². The molecule has 1 aliphatic rings. The first-order chi connectivity index (χ1) is 8.09. The molecule has 3 nitrogen and oxygen atoms in total. The highest BCUT2D eigenvalue weighted by molar-refractivity contribution is 9.10. The second-order valence-electron chi connectivity index (χ2n) is 4.63. The minimum absolute atomic E-state index is 0.213. The number of nitrogens with two attached hydrogens (primary N) is 1. The number of halogens is 1. The fourth-order valence-electron chi connectivity index (χ4n) is 2.29. The Labute approximate surface area is 114 Å². The van der Waals surface area contributed by atoms with Crippen LogP contribution in [0.5, 0.6) is 0 Å². The van der Waals surface area contributed by atoms with Gasteiger partial charge in [-0.05, 0) is 41.8 Å². The van der Waals surface area contributed by atoms with Crippen molar-refractivity contribution in [3.05, 3.63) is 20.3 Å². The fourth-order valence-corrected chi connectivity index (χ4v) is 3.97. The molecule has 0 radical (unpaired) electrons. The van der Waals surface area contributed by atoms with Gasteiger partial charge in [-0.3, -0.25) is 0 Å². The number of rotatable bonds is 3. The average Bonchev–Trinajstić information content (AvgIpc) is 2.69. The number of hydrogen-bond acceptors (Lipinski definition) is 4. The predicted molar refractivity (Wildman–Crippen MR) is 73.3 cm³/mol. The van der Waals surface area contributed by atoms with Crippen LogP contribution in [0.1, 0.15) is 28.7 Å². The molecule has 3 N–H and O–H groups in total. The standard InChI is InChI=1S/C12H18BrNO2S/c1-8-9(13)6-10(17-8)11(15)12(7-14)2-4-16-5-3-12/h6,11,15H,2-5,7,14H2,1H3. The molecule has 1 aromatic heterocycles. The maximum Gasteiger partial charge on any atom is 0.0952 e. The van der Waals surface area contributed by atoms with Gasteiger partial charge in [0.15, 0.2) is 0 Å². The summed E-state index contributed by atoms with van der Waals surface area (Å²) in [5.41, 5.74) is 5.69. The van der Waals surface area contributed by atoms with E-state index in [9.17, 15) is 5.11 Å². The molecule has 0 aliphatic carbocycles. The molecule has 1 aromatic rings. The van der Waals surface area contributed by atoms with E-state index in [-0.39, 0.29) is 5.41 Å². The number of hydrogen-bond donors (Lipinski definition) is 2. The molecule has 0 aromatic carbocycles. The average molecular weight is 320 g/mol. The summed E-state index contributed by atoms with van der Waals surface area (Å²) in [5.74, 6) is 0. The molecule has 0 spiro atoms. The Hall–Kier alpha value is 0.0600. The Morgan fingerprint density at radius 2 is 2.24 bits per heavy atom. The van der Waals surface area contributed by atoms with Crippen molar-refractivity contribution in [3.63, 3.8) is 0 Å². The van der Waals surface area contributed by atoms with E-state index in [2.05, 4.69) is 15.9 Å². The Morgan fingerprint density at radius 3 is 2.71 bits per heavy atom. The van der Waals surface area contributed by atoms with E-state index in [0.29, 0.717) is 19.8 Å². The third kappa shape index (κ3) is 2.58. The van der Waals surface area contributed by atoms with Crippen molar-refractivity contribution in [1.29, 1.82) is 0 Å². The van der Waals surface area contributed by atoms with Gasteiger partial charge in [0.05, 0.1) is 6.10 Å². The molecule has 1 unspecified atom stereocenters. The minimum atomic E-state index is -0.480. The Morgan fingerprint density at radius 1 is 1.59 bits per heavy atom. The summed E-state index contributed by atoms with van der Waals surface area (Å²) in [4.78, 5) is 2.19. The van der Waals surface area contributed by atoms with Crippen LogP contribution in [0.4, 0.5) is 0 Å². The van der Waals surface area contributed by atoms with Gasteiger partial charge in [-0.25, -0.2) is 0 Å². The Kier molecular flexibility index (Phi) is 4.26. The largest absolute Gasteiger partial charge is 0.387 e. The van der Waals surface area contributed by atoms with Crippen LogP contribution in [0.25, 0.3) is 0 Å². The Bertz CT molecular complexity index is 368. The van der Waals surface area contributed by atoms with Crippen molar-refractivity contribution >= 4 is 27.3 Å². The second kappa shape index (κ2) is 5.36. The van der Waals surface area contributed by atoms with E-state index in [1.807, 2.05) is 13.0 Å². The lowest BCUT2D eigenvalue weighted by Gasteiger charge is -2.39. The highest BCUT2D eigenvalue weighted by Gasteiger charge is 2.40. The van der Waals surface area contributed by atoms with Crippen LogP contribution >= 0.6 is 27.3 Å². The fraction of sp³-hybridized carbons (Fsp3) is 0.667. The van der Waals surface area contributed by atoms with Gasteiger partial charge in [0.1, 0.15) is 0 Å². The van der Waals surface area contributed by atoms with Crippen molar-refractivity contribution in [2.24, 2.45) is 11.1 Å². The molecule has 96 valence electrons. The quantitative estimate of drug-likeness (QED) is 0.900. The molecule has 1 saturated heterocycles. The molecule has 0 saturated carbocycles.